The van der Waals surface area contributed by atoms with Crippen LogP contribution in [0.2, 0.25) is 0 Å². The van der Waals surface area contributed by atoms with Gasteiger partial charge >= 0.3 is 0 Å². The van der Waals surface area contributed by atoms with Gasteiger partial charge in [-0.25, -0.2) is 0 Å². The standard InChI is InChI=1S/C30H29N3O3/c1-2-35-28(23-14-6-3-7-15-23)22-30(36-25-18-10-5-11-19-25,29(34)24-16-8-4-9-17-24)33-27-21-13-12-20-26(27)31-32-33/h3-21,28-29,34H,2,22H2,1H3. The lowest BCUT2D eigenvalue weighted by molar-refractivity contribution is -0.152. The number of fused-ring (bicyclic) bond motifs is 1. The van der Waals surface area contributed by atoms with Gasteiger partial charge in [-0.1, -0.05) is 96.2 Å². The molecule has 0 radical (unpaired) electrons. The lowest BCUT2D eigenvalue weighted by Crippen LogP contribution is -2.47. The zero-order chi connectivity index (χ0) is 24.8. The molecule has 1 N–H and O–H groups in total. The molecule has 6 heteroatoms. The number of para-hydroxylation sites is 2. The molecule has 3 unspecified atom stereocenters. The molecule has 4 aromatic carbocycles. The van der Waals surface area contributed by atoms with Crippen LogP contribution in [0.3, 0.4) is 0 Å². The zero-order valence-electron chi connectivity index (χ0n) is 20.1. The minimum atomic E-state index is -1.38. The van der Waals surface area contributed by atoms with Crippen molar-refractivity contribution < 1.29 is 14.6 Å². The predicted octanol–water partition coefficient (Wildman–Crippen LogP) is 6.06. The molecule has 0 fully saturated rings. The number of benzene rings is 4. The van der Waals surface area contributed by atoms with E-state index in [0.717, 1.165) is 11.1 Å². The van der Waals surface area contributed by atoms with Gasteiger partial charge in [-0.15, -0.1) is 5.10 Å². The van der Waals surface area contributed by atoms with E-state index in [-0.39, 0.29) is 12.5 Å². The number of aliphatic hydroxyl groups excluding tert-OH is 1. The molecule has 5 rings (SSSR count). The maximum absolute atomic E-state index is 12.1. The Morgan fingerprint density at radius 1 is 0.778 bits per heavy atom. The van der Waals surface area contributed by atoms with E-state index in [0.29, 0.717) is 23.4 Å². The quantitative estimate of drug-likeness (QED) is 0.263. The highest BCUT2D eigenvalue weighted by Gasteiger charge is 2.48. The highest BCUT2D eigenvalue weighted by atomic mass is 16.5. The number of aromatic nitrogens is 3. The minimum absolute atomic E-state index is 0.281. The first-order chi connectivity index (χ1) is 17.7. The first kappa shape index (κ1) is 23.7. The molecule has 182 valence electrons. The van der Waals surface area contributed by atoms with E-state index < -0.39 is 11.8 Å². The highest BCUT2D eigenvalue weighted by Crippen LogP contribution is 2.43. The Balaban J connectivity index is 1.74. The average molecular weight is 480 g/mol. The molecule has 0 aliphatic carbocycles. The van der Waals surface area contributed by atoms with Crippen LogP contribution in [0, 0.1) is 0 Å². The summed E-state index contributed by atoms with van der Waals surface area (Å²) in [5.41, 5.74) is 1.79. The summed E-state index contributed by atoms with van der Waals surface area (Å²) in [7, 11) is 0. The van der Waals surface area contributed by atoms with Crippen molar-refractivity contribution in [2.24, 2.45) is 0 Å². The summed E-state index contributed by atoms with van der Waals surface area (Å²) < 4.78 is 14.8. The largest absolute Gasteiger partial charge is 0.463 e. The Kier molecular flexibility index (Phi) is 7.07. The number of hydrogen-bond acceptors (Lipinski definition) is 5. The molecule has 0 spiro atoms. The van der Waals surface area contributed by atoms with Crippen molar-refractivity contribution in [2.45, 2.75) is 31.3 Å². The zero-order valence-corrected chi connectivity index (χ0v) is 20.1. The van der Waals surface area contributed by atoms with Crippen molar-refractivity contribution in [3.05, 3.63) is 126 Å². The summed E-state index contributed by atoms with van der Waals surface area (Å²) in [5.74, 6) is 0.607. The van der Waals surface area contributed by atoms with Crippen molar-refractivity contribution in [3.8, 4) is 5.75 Å². The second-order valence-electron chi connectivity index (χ2n) is 8.62. The number of aliphatic hydroxyl groups is 1. The molecule has 6 nitrogen and oxygen atoms in total. The number of hydrogen-bond donors (Lipinski definition) is 1. The first-order valence-corrected chi connectivity index (χ1v) is 12.2. The maximum Gasteiger partial charge on any atom is 0.236 e. The van der Waals surface area contributed by atoms with Gasteiger partial charge < -0.3 is 14.6 Å². The molecule has 0 amide bonds. The van der Waals surface area contributed by atoms with E-state index in [1.807, 2.05) is 122 Å². The molecule has 1 aromatic heterocycles. The van der Waals surface area contributed by atoms with Crippen LogP contribution in [0.4, 0.5) is 0 Å². The molecule has 0 bridgehead atoms. The van der Waals surface area contributed by atoms with Gasteiger partial charge in [0, 0.05) is 13.0 Å². The van der Waals surface area contributed by atoms with E-state index in [9.17, 15) is 5.11 Å². The van der Waals surface area contributed by atoms with Crippen molar-refractivity contribution in [1.82, 2.24) is 15.0 Å². The van der Waals surface area contributed by atoms with Crippen molar-refractivity contribution >= 4 is 11.0 Å². The second kappa shape index (κ2) is 10.7. The summed E-state index contributed by atoms with van der Waals surface area (Å²) in [6.07, 6.45) is -1.18. The number of nitrogens with zero attached hydrogens (tertiary/aromatic N) is 3. The van der Waals surface area contributed by atoms with Crippen LogP contribution in [0.1, 0.15) is 36.7 Å². The smallest absolute Gasteiger partial charge is 0.236 e. The molecule has 0 aliphatic rings. The van der Waals surface area contributed by atoms with Gasteiger partial charge in [-0.05, 0) is 42.3 Å². The lowest BCUT2D eigenvalue weighted by Gasteiger charge is -2.40. The summed E-state index contributed by atoms with van der Waals surface area (Å²) in [4.78, 5) is 0. The molecule has 3 atom stereocenters. The maximum atomic E-state index is 12.1. The summed E-state index contributed by atoms with van der Waals surface area (Å²) in [6.45, 7) is 2.47. The van der Waals surface area contributed by atoms with Crippen molar-refractivity contribution in [1.29, 1.82) is 0 Å². The van der Waals surface area contributed by atoms with Crippen LogP contribution in [-0.4, -0.2) is 26.7 Å². The van der Waals surface area contributed by atoms with Gasteiger partial charge in [0.05, 0.1) is 11.6 Å². The highest BCUT2D eigenvalue weighted by molar-refractivity contribution is 5.74. The fourth-order valence-electron chi connectivity index (χ4n) is 4.60. The molecule has 36 heavy (non-hydrogen) atoms. The van der Waals surface area contributed by atoms with Gasteiger partial charge in [0.2, 0.25) is 5.72 Å². The molecular formula is C30H29N3O3. The van der Waals surface area contributed by atoms with E-state index >= 15 is 0 Å². The van der Waals surface area contributed by atoms with E-state index in [2.05, 4.69) is 10.3 Å². The van der Waals surface area contributed by atoms with Crippen LogP contribution in [0.25, 0.3) is 11.0 Å². The predicted molar refractivity (Wildman–Crippen MR) is 139 cm³/mol. The second-order valence-corrected chi connectivity index (χ2v) is 8.62. The molecule has 0 saturated heterocycles. The molecule has 0 saturated carbocycles. The number of rotatable bonds is 10. The Labute approximate surface area is 210 Å². The third-order valence-electron chi connectivity index (χ3n) is 6.31. The van der Waals surface area contributed by atoms with E-state index in [1.165, 1.54) is 0 Å². The van der Waals surface area contributed by atoms with E-state index in [1.54, 1.807) is 4.68 Å². The van der Waals surface area contributed by atoms with Crippen molar-refractivity contribution in [2.75, 3.05) is 6.61 Å². The summed E-state index contributed by atoms with van der Waals surface area (Å²) in [6, 6.07) is 36.7. The Morgan fingerprint density at radius 3 is 2.03 bits per heavy atom. The van der Waals surface area contributed by atoms with Crippen LogP contribution in [0.15, 0.2) is 115 Å². The van der Waals surface area contributed by atoms with Gasteiger partial charge in [-0.2, -0.15) is 4.68 Å². The topological polar surface area (TPSA) is 69.4 Å². The Hall–Kier alpha value is -4.00. The third-order valence-corrected chi connectivity index (χ3v) is 6.31. The fraction of sp³-hybridized carbons (Fsp3) is 0.200. The molecule has 1 heterocycles. The van der Waals surface area contributed by atoms with Crippen molar-refractivity contribution in [3.63, 3.8) is 0 Å². The Morgan fingerprint density at radius 2 is 1.36 bits per heavy atom. The number of ether oxygens (including phenoxy) is 2. The first-order valence-electron chi connectivity index (χ1n) is 12.2. The van der Waals surface area contributed by atoms with Crippen LogP contribution in [0.5, 0.6) is 5.75 Å². The summed E-state index contributed by atoms with van der Waals surface area (Å²) >= 11 is 0. The van der Waals surface area contributed by atoms with Crippen LogP contribution in [-0.2, 0) is 10.5 Å². The average Bonchev–Trinajstić information content (AvgIpc) is 3.38. The summed E-state index contributed by atoms with van der Waals surface area (Å²) in [5, 5.41) is 21.1. The minimum Gasteiger partial charge on any atom is -0.463 e. The molecule has 0 aliphatic heterocycles. The lowest BCUT2D eigenvalue weighted by atomic mass is 9.90. The Bertz CT molecular complexity index is 1380. The molecular weight excluding hydrogens is 450 g/mol. The van der Waals surface area contributed by atoms with E-state index in [4.69, 9.17) is 9.47 Å². The third kappa shape index (κ3) is 4.73. The van der Waals surface area contributed by atoms with Crippen LogP contribution < -0.4 is 4.74 Å². The monoisotopic (exact) mass is 479 g/mol. The van der Waals surface area contributed by atoms with Gasteiger partial charge in [0.1, 0.15) is 17.4 Å². The normalized spacial score (nSPS) is 14.7. The van der Waals surface area contributed by atoms with Gasteiger partial charge in [0.25, 0.3) is 0 Å². The molecule has 5 aromatic rings. The fourth-order valence-corrected chi connectivity index (χ4v) is 4.60. The van der Waals surface area contributed by atoms with Crippen LogP contribution >= 0.6 is 0 Å². The van der Waals surface area contributed by atoms with Gasteiger partial charge in [-0.3, -0.25) is 0 Å². The van der Waals surface area contributed by atoms with Gasteiger partial charge in [0.15, 0.2) is 0 Å². The SMILES string of the molecule is CCOC(CC(Oc1ccccc1)(C(O)c1ccccc1)n1nnc2ccccc21)c1ccccc1.